The molecule has 0 spiro atoms. The van der Waals surface area contributed by atoms with Gasteiger partial charge >= 0.3 is 0 Å². The van der Waals surface area contributed by atoms with Crippen molar-refractivity contribution in [2.75, 3.05) is 30.3 Å². The number of nitrogens with zero attached hydrogens (tertiary/aromatic N) is 3. The molecule has 142 valence electrons. The first-order valence-electron chi connectivity index (χ1n) is 8.66. The normalized spacial score (nSPS) is 27.4. The number of rotatable bonds is 6. The lowest BCUT2D eigenvalue weighted by Crippen LogP contribution is -2.60. The predicted molar refractivity (Wildman–Crippen MR) is 95.4 cm³/mol. The number of hydrogen-bond donors (Lipinski definition) is 1. The number of sulfone groups is 1. The summed E-state index contributed by atoms with van der Waals surface area (Å²) in [5.74, 6) is 0.0191. The van der Waals surface area contributed by atoms with Crippen molar-refractivity contribution in [3.8, 4) is 0 Å². The van der Waals surface area contributed by atoms with E-state index in [0.717, 1.165) is 17.8 Å². The average molecular weight is 391 g/mol. The number of aromatic amines is 1. The SMILES string of the molecule is CCCCS(=O)(=O)N1CCN(Cc2nc[nH]c2C)[C@@H]2CS(=O)(=O)C[C@@H]21. The van der Waals surface area contributed by atoms with Crippen molar-refractivity contribution in [1.29, 1.82) is 0 Å². The first-order chi connectivity index (χ1) is 11.7. The predicted octanol–water partition coefficient (Wildman–Crippen LogP) is 0.131. The van der Waals surface area contributed by atoms with Gasteiger partial charge in [-0.25, -0.2) is 21.8 Å². The highest BCUT2D eigenvalue weighted by Gasteiger charge is 2.49. The van der Waals surface area contributed by atoms with E-state index < -0.39 is 25.9 Å². The monoisotopic (exact) mass is 390 g/mol. The van der Waals surface area contributed by atoms with E-state index in [-0.39, 0.29) is 23.3 Å². The van der Waals surface area contributed by atoms with E-state index in [2.05, 4.69) is 14.9 Å². The van der Waals surface area contributed by atoms with Gasteiger partial charge in [-0.05, 0) is 13.3 Å². The summed E-state index contributed by atoms with van der Waals surface area (Å²) < 4.78 is 51.2. The number of piperazine rings is 1. The highest BCUT2D eigenvalue weighted by molar-refractivity contribution is 7.92. The minimum Gasteiger partial charge on any atom is -0.348 e. The number of hydrogen-bond acceptors (Lipinski definition) is 6. The smallest absolute Gasteiger partial charge is 0.214 e. The first kappa shape index (κ1) is 18.8. The van der Waals surface area contributed by atoms with Gasteiger partial charge in [0.25, 0.3) is 0 Å². The van der Waals surface area contributed by atoms with Crippen LogP contribution in [0, 0.1) is 6.92 Å². The number of fused-ring (bicyclic) bond motifs is 1. The standard InChI is InChI=1S/C15H26N4O4S2/c1-3-4-7-25(22,23)19-6-5-18(8-13-12(2)16-11-17-13)14-9-24(20,21)10-15(14)19/h11,14-15H,3-10H2,1-2H3,(H,16,17)/t14-,15+/m1/s1. The van der Waals surface area contributed by atoms with Crippen LogP contribution in [0.2, 0.25) is 0 Å². The number of aryl methyl sites for hydroxylation is 1. The van der Waals surface area contributed by atoms with Crippen LogP contribution in [0.5, 0.6) is 0 Å². The molecule has 2 aliphatic heterocycles. The Morgan fingerprint density at radius 3 is 2.64 bits per heavy atom. The molecule has 2 saturated heterocycles. The third-order valence-corrected chi connectivity index (χ3v) is 8.81. The Balaban J connectivity index is 1.83. The Kier molecular flexibility index (Phi) is 5.25. The molecule has 0 aromatic carbocycles. The summed E-state index contributed by atoms with van der Waals surface area (Å²) in [5, 5.41) is 0. The van der Waals surface area contributed by atoms with Gasteiger partial charge in [-0.15, -0.1) is 0 Å². The van der Waals surface area contributed by atoms with E-state index in [1.54, 1.807) is 6.33 Å². The maximum atomic E-state index is 12.7. The highest BCUT2D eigenvalue weighted by atomic mass is 32.2. The fourth-order valence-corrected chi connectivity index (χ4v) is 7.70. The quantitative estimate of drug-likeness (QED) is 0.741. The molecule has 1 aromatic rings. The van der Waals surface area contributed by atoms with Gasteiger partial charge in [0.1, 0.15) is 0 Å². The molecule has 0 saturated carbocycles. The third kappa shape index (κ3) is 3.91. The topological polar surface area (TPSA) is 103 Å². The molecule has 3 rings (SSSR count). The van der Waals surface area contributed by atoms with E-state index in [0.29, 0.717) is 26.1 Å². The molecule has 25 heavy (non-hydrogen) atoms. The van der Waals surface area contributed by atoms with Crippen molar-refractivity contribution in [2.24, 2.45) is 0 Å². The summed E-state index contributed by atoms with van der Waals surface area (Å²) >= 11 is 0. The Bertz CT molecular complexity index is 818. The fourth-order valence-electron chi connectivity index (χ4n) is 3.72. The molecule has 1 aromatic heterocycles. The van der Waals surface area contributed by atoms with E-state index in [1.807, 2.05) is 13.8 Å². The lowest BCUT2D eigenvalue weighted by atomic mass is 10.1. The summed E-state index contributed by atoms with van der Waals surface area (Å²) in [6.07, 6.45) is 3.02. The summed E-state index contributed by atoms with van der Waals surface area (Å²) in [6, 6.07) is -0.786. The fraction of sp³-hybridized carbons (Fsp3) is 0.800. The summed E-state index contributed by atoms with van der Waals surface area (Å²) in [7, 11) is -6.66. The zero-order valence-corrected chi connectivity index (χ0v) is 16.3. The molecule has 8 nitrogen and oxygen atoms in total. The molecule has 3 heterocycles. The average Bonchev–Trinajstić information content (AvgIpc) is 3.07. The minimum atomic E-state index is -3.42. The molecule has 2 aliphatic rings. The molecule has 2 atom stereocenters. The van der Waals surface area contributed by atoms with Crippen LogP contribution in [0.3, 0.4) is 0 Å². The molecule has 2 fully saturated rings. The van der Waals surface area contributed by atoms with E-state index in [4.69, 9.17) is 0 Å². The van der Waals surface area contributed by atoms with Gasteiger partial charge in [-0.3, -0.25) is 4.90 Å². The first-order valence-corrected chi connectivity index (χ1v) is 12.1. The van der Waals surface area contributed by atoms with Crippen LogP contribution in [0.1, 0.15) is 31.2 Å². The largest absolute Gasteiger partial charge is 0.348 e. The van der Waals surface area contributed by atoms with Crippen molar-refractivity contribution in [1.82, 2.24) is 19.2 Å². The lowest BCUT2D eigenvalue weighted by molar-refractivity contribution is 0.0879. The van der Waals surface area contributed by atoms with Gasteiger partial charge in [0.05, 0.1) is 35.3 Å². The zero-order chi connectivity index (χ0) is 18.2. The van der Waals surface area contributed by atoms with E-state index >= 15 is 0 Å². The zero-order valence-electron chi connectivity index (χ0n) is 14.7. The van der Waals surface area contributed by atoms with E-state index in [9.17, 15) is 16.8 Å². The Hall–Kier alpha value is -0.970. The summed E-state index contributed by atoms with van der Waals surface area (Å²) in [4.78, 5) is 9.39. The van der Waals surface area contributed by atoms with Gasteiger partial charge < -0.3 is 4.98 Å². The van der Waals surface area contributed by atoms with Gasteiger partial charge in [0, 0.05) is 31.4 Å². The number of aromatic nitrogens is 2. The molecule has 0 bridgehead atoms. The second-order valence-corrected chi connectivity index (χ2v) is 11.1. The van der Waals surface area contributed by atoms with Crippen molar-refractivity contribution in [3.05, 3.63) is 17.7 Å². The molecule has 0 unspecified atom stereocenters. The second-order valence-electron chi connectivity index (χ2n) is 6.94. The molecule has 0 radical (unpaired) electrons. The number of unbranched alkanes of at least 4 members (excludes halogenated alkanes) is 1. The highest BCUT2D eigenvalue weighted by Crippen LogP contribution is 2.30. The molecule has 0 aliphatic carbocycles. The van der Waals surface area contributed by atoms with Gasteiger partial charge in [0.2, 0.25) is 10.0 Å². The van der Waals surface area contributed by atoms with Crippen molar-refractivity contribution in [3.63, 3.8) is 0 Å². The summed E-state index contributed by atoms with van der Waals surface area (Å²) in [5.41, 5.74) is 1.83. The summed E-state index contributed by atoms with van der Waals surface area (Å²) in [6.45, 7) is 5.27. The van der Waals surface area contributed by atoms with Crippen LogP contribution in [-0.4, -0.2) is 78.4 Å². The van der Waals surface area contributed by atoms with Gasteiger partial charge in [-0.2, -0.15) is 4.31 Å². The van der Waals surface area contributed by atoms with Crippen LogP contribution < -0.4 is 0 Å². The number of nitrogens with one attached hydrogen (secondary N) is 1. The number of sulfonamides is 1. The lowest BCUT2D eigenvalue weighted by Gasteiger charge is -2.42. The number of imidazole rings is 1. The van der Waals surface area contributed by atoms with Crippen LogP contribution >= 0.6 is 0 Å². The molecular weight excluding hydrogens is 364 g/mol. The Morgan fingerprint density at radius 2 is 2.00 bits per heavy atom. The molecule has 10 heteroatoms. The van der Waals surface area contributed by atoms with Crippen LogP contribution in [-0.2, 0) is 26.4 Å². The third-order valence-electron chi connectivity index (χ3n) is 5.14. The van der Waals surface area contributed by atoms with Crippen LogP contribution in [0.15, 0.2) is 6.33 Å². The van der Waals surface area contributed by atoms with Crippen LogP contribution in [0.25, 0.3) is 0 Å². The second kappa shape index (κ2) is 6.98. The van der Waals surface area contributed by atoms with Crippen molar-refractivity contribution in [2.45, 2.75) is 45.3 Å². The minimum absolute atomic E-state index is 0.0148. The van der Waals surface area contributed by atoms with E-state index in [1.165, 1.54) is 4.31 Å². The number of H-pyrrole nitrogens is 1. The van der Waals surface area contributed by atoms with Crippen molar-refractivity contribution < 1.29 is 16.8 Å². The Labute approximate surface area is 149 Å². The molecule has 1 N–H and O–H groups in total. The van der Waals surface area contributed by atoms with Crippen LogP contribution in [0.4, 0.5) is 0 Å². The maximum absolute atomic E-state index is 12.7. The molecular formula is C15H26N4O4S2. The maximum Gasteiger partial charge on any atom is 0.214 e. The Morgan fingerprint density at radius 1 is 1.28 bits per heavy atom. The van der Waals surface area contributed by atoms with Gasteiger partial charge in [0.15, 0.2) is 9.84 Å². The molecule has 0 amide bonds. The van der Waals surface area contributed by atoms with Crippen molar-refractivity contribution >= 4 is 19.9 Å². The van der Waals surface area contributed by atoms with Gasteiger partial charge in [-0.1, -0.05) is 13.3 Å².